The minimum atomic E-state index is -0.768. The van der Waals surface area contributed by atoms with Gasteiger partial charge in [-0.2, -0.15) is 11.3 Å². The summed E-state index contributed by atoms with van der Waals surface area (Å²) in [5.74, 6) is -0.392. The second-order valence-corrected chi connectivity index (χ2v) is 7.91. The third kappa shape index (κ3) is 6.35. The molecule has 2 amide bonds. The van der Waals surface area contributed by atoms with E-state index in [0.29, 0.717) is 13.0 Å². The molecule has 2 atom stereocenters. The first-order valence-corrected chi connectivity index (χ1v) is 10.4. The van der Waals surface area contributed by atoms with Gasteiger partial charge in [0.05, 0.1) is 6.04 Å². The van der Waals surface area contributed by atoms with Gasteiger partial charge in [-0.1, -0.05) is 0 Å². The van der Waals surface area contributed by atoms with Crippen molar-refractivity contribution >= 4 is 23.2 Å². The van der Waals surface area contributed by atoms with E-state index < -0.39 is 12.1 Å². The van der Waals surface area contributed by atoms with Gasteiger partial charge in [0, 0.05) is 6.54 Å². The molecule has 0 aliphatic rings. The van der Waals surface area contributed by atoms with E-state index in [2.05, 4.69) is 22.1 Å². The van der Waals surface area contributed by atoms with E-state index in [-0.39, 0.29) is 17.6 Å². The molecule has 0 aliphatic heterocycles. The first kappa shape index (κ1) is 21.9. The highest BCUT2D eigenvalue weighted by atomic mass is 32.1. The number of aryl methyl sites for hydroxylation is 3. The fraction of sp³-hybridized carbons (Fsp3) is 0.429. The van der Waals surface area contributed by atoms with Crippen molar-refractivity contribution in [2.75, 3.05) is 6.54 Å². The van der Waals surface area contributed by atoms with E-state index in [9.17, 15) is 14.7 Å². The highest BCUT2D eigenvalue weighted by Gasteiger charge is 2.21. The van der Waals surface area contributed by atoms with E-state index in [4.69, 9.17) is 5.73 Å². The zero-order valence-electron chi connectivity index (χ0n) is 16.6. The smallest absolute Gasteiger partial charge is 0.242 e. The van der Waals surface area contributed by atoms with Gasteiger partial charge in [0.2, 0.25) is 11.8 Å². The highest BCUT2D eigenvalue weighted by Crippen LogP contribution is 2.21. The summed E-state index contributed by atoms with van der Waals surface area (Å²) < 4.78 is 0. The van der Waals surface area contributed by atoms with Crippen LogP contribution in [0.2, 0.25) is 0 Å². The van der Waals surface area contributed by atoms with Gasteiger partial charge in [-0.3, -0.25) is 9.59 Å². The molecule has 0 bridgehead atoms. The molecule has 6 nitrogen and oxygen atoms in total. The number of aromatic hydroxyl groups is 1. The number of amides is 2. The Morgan fingerprint density at radius 1 is 1.21 bits per heavy atom. The zero-order chi connectivity index (χ0) is 20.7. The second kappa shape index (κ2) is 10.2. The van der Waals surface area contributed by atoms with Crippen LogP contribution in [0.4, 0.5) is 0 Å². The molecule has 2 aromatic rings. The maximum Gasteiger partial charge on any atom is 0.242 e. The van der Waals surface area contributed by atoms with Gasteiger partial charge in [-0.15, -0.1) is 0 Å². The lowest BCUT2D eigenvalue weighted by Crippen LogP contribution is -2.51. The Morgan fingerprint density at radius 3 is 2.50 bits per heavy atom. The van der Waals surface area contributed by atoms with Crippen LogP contribution in [0.1, 0.15) is 35.6 Å². The van der Waals surface area contributed by atoms with Crippen LogP contribution in [0.3, 0.4) is 0 Å². The second-order valence-electron chi connectivity index (χ2n) is 7.13. The molecule has 7 heteroatoms. The van der Waals surface area contributed by atoms with E-state index in [1.807, 2.05) is 19.2 Å². The van der Waals surface area contributed by atoms with Crippen LogP contribution in [0.15, 0.2) is 29.0 Å². The summed E-state index contributed by atoms with van der Waals surface area (Å²) in [6, 6.07) is 3.96. The number of rotatable bonds is 9. The summed E-state index contributed by atoms with van der Waals surface area (Å²) in [6.45, 7) is 5.96. The van der Waals surface area contributed by atoms with Gasteiger partial charge < -0.3 is 21.5 Å². The van der Waals surface area contributed by atoms with Crippen LogP contribution >= 0.6 is 11.3 Å². The van der Waals surface area contributed by atoms with Crippen molar-refractivity contribution in [3.63, 3.8) is 0 Å². The molecule has 152 valence electrons. The average molecular weight is 404 g/mol. The molecule has 0 saturated carbocycles. The molecule has 0 unspecified atom stereocenters. The molecule has 0 spiro atoms. The predicted molar refractivity (Wildman–Crippen MR) is 113 cm³/mol. The van der Waals surface area contributed by atoms with Crippen LogP contribution in [-0.2, 0) is 22.4 Å². The highest BCUT2D eigenvalue weighted by molar-refractivity contribution is 7.07. The standard InChI is InChI=1S/C21H29N3O3S/c1-13-9-17(25)10-14(2)18(13)11-19(22)21(27)24-15(3)20(26)23-7-4-5-16-6-8-28-12-16/h6,8-10,12,15,19,25H,4-5,7,11,22H2,1-3H3,(H,23,26)(H,24,27)/t15-,19+/m1/s1. The molecule has 28 heavy (non-hydrogen) atoms. The normalized spacial score (nSPS) is 13.0. The topological polar surface area (TPSA) is 104 Å². The van der Waals surface area contributed by atoms with Gasteiger partial charge in [0.15, 0.2) is 0 Å². The zero-order valence-corrected chi connectivity index (χ0v) is 17.4. The average Bonchev–Trinajstić information content (AvgIpc) is 3.14. The summed E-state index contributed by atoms with van der Waals surface area (Å²) >= 11 is 1.66. The number of phenolic OH excluding ortho intramolecular Hbond substituents is 1. The van der Waals surface area contributed by atoms with Crippen molar-refractivity contribution in [1.29, 1.82) is 0 Å². The van der Waals surface area contributed by atoms with E-state index in [1.165, 1.54) is 5.56 Å². The lowest BCUT2D eigenvalue weighted by atomic mass is 9.96. The number of nitrogens with two attached hydrogens (primary N) is 1. The van der Waals surface area contributed by atoms with Gasteiger partial charge in [0.1, 0.15) is 11.8 Å². The molecular formula is C21H29N3O3S. The summed E-state index contributed by atoms with van der Waals surface area (Å²) in [6.07, 6.45) is 2.11. The maximum atomic E-state index is 12.4. The molecular weight excluding hydrogens is 374 g/mol. The Morgan fingerprint density at radius 2 is 1.89 bits per heavy atom. The molecule has 0 radical (unpaired) electrons. The number of benzene rings is 1. The quantitative estimate of drug-likeness (QED) is 0.482. The van der Waals surface area contributed by atoms with Crippen molar-refractivity contribution in [1.82, 2.24) is 10.6 Å². The number of thiophene rings is 1. The Labute approximate surface area is 170 Å². The molecule has 1 aromatic carbocycles. The van der Waals surface area contributed by atoms with Crippen molar-refractivity contribution in [2.45, 2.75) is 52.1 Å². The van der Waals surface area contributed by atoms with Crippen molar-refractivity contribution in [2.24, 2.45) is 5.73 Å². The number of hydrogen-bond donors (Lipinski definition) is 4. The van der Waals surface area contributed by atoms with Gasteiger partial charge in [-0.05, 0) is 91.2 Å². The van der Waals surface area contributed by atoms with Crippen LogP contribution in [0.25, 0.3) is 0 Å². The number of carbonyl (C=O) groups is 2. The first-order chi connectivity index (χ1) is 13.3. The fourth-order valence-electron chi connectivity index (χ4n) is 3.08. The lowest BCUT2D eigenvalue weighted by molar-refractivity contribution is -0.129. The monoisotopic (exact) mass is 403 g/mol. The van der Waals surface area contributed by atoms with Crippen molar-refractivity contribution in [3.8, 4) is 5.75 Å². The van der Waals surface area contributed by atoms with Gasteiger partial charge in [0.25, 0.3) is 0 Å². The third-order valence-corrected chi connectivity index (χ3v) is 5.45. The van der Waals surface area contributed by atoms with E-state index in [1.54, 1.807) is 30.4 Å². The number of hydrogen-bond acceptors (Lipinski definition) is 5. The van der Waals surface area contributed by atoms with Gasteiger partial charge in [-0.25, -0.2) is 0 Å². The van der Waals surface area contributed by atoms with Crippen LogP contribution in [-0.4, -0.2) is 35.5 Å². The molecule has 0 saturated heterocycles. The van der Waals surface area contributed by atoms with Crippen molar-refractivity contribution < 1.29 is 14.7 Å². The Balaban J connectivity index is 1.78. The van der Waals surface area contributed by atoms with Crippen LogP contribution < -0.4 is 16.4 Å². The number of nitrogens with one attached hydrogen (secondary N) is 2. The number of phenols is 1. The van der Waals surface area contributed by atoms with Gasteiger partial charge >= 0.3 is 0 Å². The molecule has 1 aromatic heterocycles. The largest absolute Gasteiger partial charge is 0.508 e. The Bertz CT molecular complexity index is 782. The molecule has 2 rings (SSSR count). The van der Waals surface area contributed by atoms with Crippen molar-refractivity contribution in [3.05, 3.63) is 51.2 Å². The Hall–Kier alpha value is -2.38. The summed E-state index contributed by atoms with van der Waals surface area (Å²) in [7, 11) is 0. The third-order valence-electron chi connectivity index (χ3n) is 4.72. The summed E-state index contributed by atoms with van der Waals surface area (Å²) in [5.41, 5.74) is 10.0. The SMILES string of the molecule is Cc1cc(O)cc(C)c1C[C@H](N)C(=O)N[C@H](C)C(=O)NCCCc1ccsc1. The fourth-order valence-corrected chi connectivity index (χ4v) is 3.79. The number of carbonyl (C=O) groups excluding carboxylic acids is 2. The molecule has 5 N–H and O–H groups in total. The molecule has 0 fully saturated rings. The lowest BCUT2D eigenvalue weighted by Gasteiger charge is -2.19. The minimum Gasteiger partial charge on any atom is -0.508 e. The maximum absolute atomic E-state index is 12.4. The first-order valence-electron chi connectivity index (χ1n) is 9.41. The molecule has 1 heterocycles. The predicted octanol–water partition coefficient (Wildman–Crippen LogP) is 2.19. The minimum absolute atomic E-state index is 0.195. The van der Waals surface area contributed by atoms with Crippen LogP contribution in [0, 0.1) is 13.8 Å². The molecule has 0 aliphatic carbocycles. The summed E-state index contributed by atoms with van der Waals surface area (Å²) in [5, 5.41) is 19.3. The van der Waals surface area contributed by atoms with E-state index >= 15 is 0 Å². The van der Waals surface area contributed by atoms with Crippen LogP contribution in [0.5, 0.6) is 5.75 Å². The summed E-state index contributed by atoms with van der Waals surface area (Å²) in [4.78, 5) is 24.5. The van der Waals surface area contributed by atoms with E-state index in [0.717, 1.165) is 29.5 Å². The Kier molecular flexibility index (Phi) is 8.02.